The molecule has 2 rings (SSSR count). The maximum atomic E-state index is 10.5. The van der Waals surface area contributed by atoms with Crippen molar-refractivity contribution < 1.29 is 5.11 Å². The van der Waals surface area contributed by atoms with Crippen molar-refractivity contribution in [2.45, 2.75) is 39.2 Å². The quantitative estimate of drug-likeness (QED) is 0.816. The molecule has 1 saturated carbocycles. The van der Waals surface area contributed by atoms with Crippen LogP contribution >= 0.6 is 23.2 Å². The number of rotatable bonds is 2. The molecule has 1 aliphatic carbocycles. The fraction of sp³-hybridized carbons (Fsp3) is 0.571. The summed E-state index contributed by atoms with van der Waals surface area (Å²) >= 11 is 12.0. The first kappa shape index (κ1) is 13.2. The van der Waals surface area contributed by atoms with Gasteiger partial charge in [0.1, 0.15) is 0 Å². The topological polar surface area (TPSA) is 20.2 Å². The molecule has 1 aromatic rings. The van der Waals surface area contributed by atoms with E-state index in [2.05, 4.69) is 13.8 Å². The minimum atomic E-state index is -0.489. The third kappa shape index (κ3) is 2.62. The molecule has 2 atom stereocenters. The highest BCUT2D eigenvalue weighted by atomic mass is 35.5. The molecule has 0 saturated heterocycles. The molecule has 2 unspecified atom stereocenters. The molecular weight excluding hydrogens is 255 g/mol. The summed E-state index contributed by atoms with van der Waals surface area (Å²) in [4.78, 5) is 0. The fourth-order valence-electron chi connectivity index (χ4n) is 2.90. The Labute approximate surface area is 113 Å². The maximum Gasteiger partial charge on any atom is 0.0837 e. The van der Waals surface area contributed by atoms with Gasteiger partial charge in [0.25, 0.3) is 0 Å². The third-order valence-electron chi connectivity index (χ3n) is 4.00. The van der Waals surface area contributed by atoms with E-state index in [0.29, 0.717) is 10.0 Å². The van der Waals surface area contributed by atoms with Crippen molar-refractivity contribution in [3.8, 4) is 0 Å². The third-order valence-corrected chi connectivity index (χ3v) is 4.56. The molecule has 0 spiro atoms. The second kappa shape index (κ2) is 4.79. The van der Waals surface area contributed by atoms with Gasteiger partial charge < -0.3 is 5.11 Å². The molecule has 3 heteroatoms. The molecular formula is C14H18Cl2O. The number of halogens is 2. The molecule has 0 aliphatic heterocycles. The molecule has 94 valence electrons. The van der Waals surface area contributed by atoms with Crippen molar-refractivity contribution >= 4 is 23.2 Å². The molecule has 0 radical (unpaired) electrons. The summed E-state index contributed by atoms with van der Waals surface area (Å²) in [6, 6.07) is 5.32. The van der Waals surface area contributed by atoms with Crippen LogP contribution in [-0.4, -0.2) is 5.11 Å². The lowest BCUT2D eigenvalue weighted by atomic mass is 9.77. The van der Waals surface area contributed by atoms with Gasteiger partial charge in [0.15, 0.2) is 0 Å². The molecule has 1 nitrogen and oxygen atoms in total. The Balaban J connectivity index is 2.28. The summed E-state index contributed by atoms with van der Waals surface area (Å²) in [5.74, 6) is 0.279. The van der Waals surface area contributed by atoms with Crippen LogP contribution in [0.4, 0.5) is 0 Å². The Morgan fingerprint density at radius 3 is 2.59 bits per heavy atom. The summed E-state index contributed by atoms with van der Waals surface area (Å²) in [7, 11) is 0. The van der Waals surface area contributed by atoms with Gasteiger partial charge in [0, 0.05) is 10.0 Å². The van der Waals surface area contributed by atoms with E-state index in [1.807, 2.05) is 6.07 Å². The van der Waals surface area contributed by atoms with Gasteiger partial charge in [0.05, 0.1) is 6.10 Å². The first-order chi connectivity index (χ1) is 7.92. The second-order valence-electron chi connectivity index (χ2n) is 5.60. The van der Waals surface area contributed by atoms with E-state index >= 15 is 0 Å². The number of aliphatic hydroxyl groups is 1. The maximum absolute atomic E-state index is 10.5. The van der Waals surface area contributed by atoms with Crippen LogP contribution in [-0.2, 0) is 0 Å². The van der Waals surface area contributed by atoms with E-state index < -0.39 is 6.10 Å². The average molecular weight is 273 g/mol. The van der Waals surface area contributed by atoms with Crippen LogP contribution < -0.4 is 0 Å². The highest BCUT2D eigenvalue weighted by Gasteiger charge is 2.39. The normalized spacial score (nSPS) is 24.9. The Morgan fingerprint density at radius 2 is 2.06 bits per heavy atom. The lowest BCUT2D eigenvalue weighted by Gasteiger charge is -2.31. The molecule has 0 amide bonds. The van der Waals surface area contributed by atoms with Crippen LogP contribution in [0.1, 0.15) is 44.8 Å². The zero-order chi connectivity index (χ0) is 12.6. The monoisotopic (exact) mass is 272 g/mol. The van der Waals surface area contributed by atoms with Crippen LogP contribution in [0.15, 0.2) is 18.2 Å². The largest absolute Gasteiger partial charge is 0.388 e. The van der Waals surface area contributed by atoms with Gasteiger partial charge in [-0.15, -0.1) is 0 Å². The molecule has 1 fully saturated rings. The van der Waals surface area contributed by atoms with Crippen molar-refractivity contribution in [1.29, 1.82) is 0 Å². The van der Waals surface area contributed by atoms with Crippen LogP contribution in [0.2, 0.25) is 10.0 Å². The number of benzene rings is 1. The minimum absolute atomic E-state index is 0.183. The van der Waals surface area contributed by atoms with Crippen LogP contribution in [0.3, 0.4) is 0 Å². The predicted octanol–water partition coefficient (Wildman–Crippen LogP) is 4.85. The van der Waals surface area contributed by atoms with Gasteiger partial charge in [-0.05, 0) is 41.9 Å². The highest BCUT2D eigenvalue weighted by Crippen LogP contribution is 2.49. The summed E-state index contributed by atoms with van der Waals surface area (Å²) in [6.45, 7) is 4.44. The molecule has 0 heterocycles. The standard InChI is InChI=1S/C14H18Cl2O/c1-14(2)7-3-4-11(14)13(17)10-6-5-9(15)8-12(10)16/h5-6,8,11,13,17H,3-4,7H2,1-2H3. The van der Waals surface area contributed by atoms with E-state index in [0.717, 1.165) is 12.0 Å². The summed E-state index contributed by atoms with van der Waals surface area (Å²) < 4.78 is 0. The van der Waals surface area contributed by atoms with Crippen LogP contribution in [0, 0.1) is 11.3 Å². The Kier molecular flexibility index (Phi) is 3.72. The second-order valence-corrected chi connectivity index (χ2v) is 6.44. The van der Waals surface area contributed by atoms with Crippen molar-refractivity contribution in [3.63, 3.8) is 0 Å². The molecule has 1 N–H and O–H groups in total. The fourth-order valence-corrected chi connectivity index (χ4v) is 3.42. The van der Waals surface area contributed by atoms with Crippen LogP contribution in [0.5, 0.6) is 0 Å². The molecule has 0 bridgehead atoms. The van der Waals surface area contributed by atoms with Gasteiger partial charge in [-0.25, -0.2) is 0 Å². The van der Waals surface area contributed by atoms with Gasteiger partial charge in [0.2, 0.25) is 0 Å². The molecule has 1 aromatic carbocycles. The van der Waals surface area contributed by atoms with E-state index in [9.17, 15) is 5.11 Å². The molecule has 1 aliphatic rings. The first-order valence-corrected chi connectivity index (χ1v) is 6.80. The summed E-state index contributed by atoms with van der Waals surface area (Å²) in [6.07, 6.45) is 2.92. The molecule has 0 aromatic heterocycles. The Bertz CT molecular complexity index is 415. The van der Waals surface area contributed by atoms with Gasteiger partial charge >= 0.3 is 0 Å². The zero-order valence-corrected chi connectivity index (χ0v) is 11.7. The van der Waals surface area contributed by atoms with E-state index in [1.165, 1.54) is 12.8 Å². The predicted molar refractivity (Wildman–Crippen MR) is 72.5 cm³/mol. The Morgan fingerprint density at radius 1 is 1.35 bits per heavy atom. The summed E-state index contributed by atoms with van der Waals surface area (Å²) in [5.41, 5.74) is 0.985. The van der Waals surface area contributed by atoms with Crippen LogP contribution in [0.25, 0.3) is 0 Å². The SMILES string of the molecule is CC1(C)CCCC1C(O)c1ccc(Cl)cc1Cl. The first-order valence-electron chi connectivity index (χ1n) is 6.05. The van der Waals surface area contributed by atoms with Crippen molar-refractivity contribution in [1.82, 2.24) is 0 Å². The smallest absolute Gasteiger partial charge is 0.0837 e. The van der Waals surface area contributed by atoms with E-state index in [-0.39, 0.29) is 11.3 Å². The molecule has 17 heavy (non-hydrogen) atoms. The van der Waals surface area contributed by atoms with Crippen molar-refractivity contribution in [2.75, 3.05) is 0 Å². The van der Waals surface area contributed by atoms with Gasteiger partial charge in [-0.2, -0.15) is 0 Å². The average Bonchev–Trinajstić information content (AvgIpc) is 2.57. The van der Waals surface area contributed by atoms with E-state index in [4.69, 9.17) is 23.2 Å². The van der Waals surface area contributed by atoms with E-state index in [1.54, 1.807) is 12.1 Å². The summed E-state index contributed by atoms with van der Waals surface area (Å²) in [5, 5.41) is 11.7. The number of hydrogen-bond donors (Lipinski definition) is 1. The Hall–Kier alpha value is -0.240. The lowest BCUT2D eigenvalue weighted by Crippen LogP contribution is -2.24. The number of aliphatic hydroxyl groups excluding tert-OH is 1. The van der Waals surface area contributed by atoms with Gasteiger partial charge in [-0.1, -0.05) is 49.5 Å². The van der Waals surface area contributed by atoms with Gasteiger partial charge in [-0.3, -0.25) is 0 Å². The minimum Gasteiger partial charge on any atom is -0.388 e. The highest BCUT2D eigenvalue weighted by molar-refractivity contribution is 6.35. The number of hydrogen-bond acceptors (Lipinski definition) is 1. The van der Waals surface area contributed by atoms with Crippen molar-refractivity contribution in [2.24, 2.45) is 11.3 Å². The lowest BCUT2D eigenvalue weighted by molar-refractivity contribution is 0.0532. The van der Waals surface area contributed by atoms with Crippen molar-refractivity contribution in [3.05, 3.63) is 33.8 Å². The zero-order valence-electron chi connectivity index (χ0n) is 10.2.